The maximum absolute atomic E-state index is 5.85. The van der Waals surface area contributed by atoms with E-state index in [1.807, 2.05) is 4.81 Å². The lowest BCUT2D eigenvalue weighted by Gasteiger charge is -2.22. The molecule has 0 saturated heterocycles. The van der Waals surface area contributed by atoms with Gasteiger partial charge in [0.15, 0.2) is 7.98 Å². The second-order valence-corrected chi connectivity index (χ2v) is 3.69. The minimum atomic E-state index is 0.389. The summed E-state index contributed by atoms with van der Waals surface area (Å²) in [6.45, 7) is 7.13. The molecule has 0 fully saturated rings. The Balaban J connectivity index is 2.69. The fraction of sp³-hybridized carbons (Fsp3) is 0.455. The van der Waals surface area contributed by atoms with Crippen molar-refractivity contribution in [2.75, 3.05) is 0 Å². The van der Waals surface area contributed by atoms with Crippen molar-refractivity contribution >= 4 is 7.98 Å². The van der Waals surface area contributed by atoms with Crippen molar-refractivity contribution in [3.8, 4) is 0 Å². The Hall–Kier alpha value is -0.755. The molecule has 13 heavy (non-hydrogen) atoms. The molecule has 1 nitrogen and oxygen atoms in total. The molecule has 0 saturated carbocycles. The summed E-state index contributed by atoms with van der Waals surface area (Å²) in [4.78, 5) is 1.85. The topological polar surface area (TPSA) is 3.24 Å². The third kappa shape index (κ3) is 2.89. The van der Waals surface area contributed by atoms with E-state index in [1.54, 1.807) is 0 Å². The predicted octanol–water partition coefficient (Wildman–Crippen LogP) is 2.29. The maximum atomic E-state index is 5.85. The standard InChI is InChI=1S/C11H16BN/c1-9(2)13(12)8-11-7-5-4-6-10(11)3/h4-7,9H,8H2,1-3H3. The second kappa shape index (κ2) is 4.47. The van der Waals surface area contributed by atoms with Gasteiger partial charge in [0, 0.05) is 6.54 Å². The molecule has 68 valence electrons. The van der Waals surface area contributed by atoms with Crippen LogP contribution in [-0.2, 0) is 6.54 Å². The minimum absolute atomic E-state index is 0.389. The van der Waals surface area contributed by atoms with E-state index in [1.165, 1.54) is 11.1 Å². The molecule has 0 N–H and O–H groups in total. The number of hydrogen-bond acceptors (Lipinski definition) is 1. The Morgan fingerprint density at radius 2 is 1.92 bits per heavy atom. The van der Waals surface area contributed by atoms with Crippen molar-refractivity contribution in [1.29, 1.82) is 0 Å². The summed E-state index contributed by atoms with van der Waals surface area (Å²) in [5.74, 6) is 0. The molecule has 0 heterocycles. The van der Waals surface area contributed by atoms with Gasteiger partial charge in [0.2, 0.25) is 0 Å². The highest BCUT2D eigenvalue weighted by atomic mass is 15.0. The maximum Gasteiger partial charge on any atom is 0.183 e. The largest absolute Gasteiger partial charge is 0.348 e. The van der Waals surface area contributed by atoms with E-state index in [-0.39, 0.29) is 0 Å². The Bertz CT molecular complexity index is 271. The lowest BCUT2D eigenvalue weighted by Crippen LogP contribution is -2.27. The average Bonchev–Trinajstić information content (AvgIpc) is 2.08. The first-order valence-corrected chi connectivity index (χ1v) is 4.67. The SMILES string of the molecule is [B]N(Cc1ccccc1C)C(C)C. The molecule has 2 heteroatoms. The van der Waals surface area contributed by atoms with Gasteiger partial charge in [0.05, 0.1) is 0 Å². The number of rotatable bonds is 3. The smallest absolute Gasteiger partial charge is 0.183 e. The van der Waals surface area contributed by atoms with Crippen molar-refractivity contribution in [2.24, 2.45) is 0 Å². The highest BCUT2D eigenvalue weighted by Gasteiger charge is 2.04. The van der Waals surface area contributed by atoms with Crippen molar-refractivity contribution in [2.45, 2.75) is 33.4 Å². The highest BCUT2D eigenvalue weighted by Crippen LogP contribution is 2.10. The van der Waals surface area contributed by atoms with Crippen molar-refractivity contribution < 1.29 is 0 Å². The van der Waals surface area contributed by atoms with Gasteiger partial charge in [-0.05, 0) is 24.1 Å². The predicted molar refractivity (Wildman–Crippen MR) is 57.6 cm³/mol. The molecule has 0 aliphatic rings. The van der Waals surface area contributed by atoms with E-state index in [0.717, 1.165) is 6.54 Å². The fourth-order valence-electron chi connectivity index (χ4n) is 1.17. The van der Waals surface area contributed by atoms with E-state index < -0.39 is 0 Å². The zero-order valence-electron chi connectivity index (χ0n) is 8.62. The minimum Gasteiger partial charge on any atom is -0.348 e. The molecular weight excluding hydrogens is 157 g/mol. The summed E-state index contributed by atoms with van der Waals surface area (Å²) in [6, 6.07) is 8.73. The first-order chi connectivity index (χ1) is 6.11. The third-order valence-electron chi connectivity index (χ3n) is 2.28. The normalized spacial score (nSPS) is 11.2. The van der Waals surface area contributed by atoms with E-state index >= 15 is 0 Å². The molecule has 0 aliphatic carbocycles. The summed E-state index contributed by atoms with van der Waals surface area (Å²) in [7, 11) is 5.85. The molecule has 0 aromatic heterocycles. The number of benzene rings is 1. The first-order valence-electron chi connectivity index (χ1n) is 4.67. The summed E-state index contributed by atoms with van der Waals surface area (Å²) in [5, 5.41) is 0. The Morgan fingerprint density at radius 3 is 2.46 bits per heavy atom. The van der Waals surface area contributed by atoms with Crippen LogP contribution in [0, 0.1) is 6.92 Å². The quantitative estimate of drug-likeness (QED) is 0.634. The van der Waals surface area contributed by atoms with Crippen LogP contribution in [0.4, 0.5) is 0 Å². The fourth-order valence-corrected chi connectivity index (χ4v) is 1.17. The summed E-state index contributed by atoms with van der Waals surface area (Å²) >= 11 is 0. The van der Waals surface area contributed by atoms with Crippen LogP contribution in [0.15, 0.2) is 24.3 Å². The molecule has 0 aliphatic heterocycles. The molecule has 0 atom stereocenters. The van der Waals surface area contributed by atoms with Crippen LogP contribution in [-0.4, -0.2) is 18.8 Å². The van der Waals surface area contributed by atoms with Crippen LogP contribution in [0.25, 0.3) is 0 Å². The number of hydrogen-bond donors (Lipinski definition) is 0. The van der Waals surface area contributed by atoms with Gasteiger partial charge in [-0.3, -0.25) is 0 Å². The van der Waals surface area contributed by atoms with E-state index in [0.29, 0.717) is 6.04 Å². The van der Waals surface area contributed by atoms with E-state index in [9.17, 15) is 0 Å². The molecule has 1 aromatic carbocycles. The van der Waals surface area contributed by atoms with Gasteiger partial charge >= 0.3 is 0 Å². The molecule has 1 aromatic rings. The van der Waals surface area contributed by atoms with Crippen LogP contribution in [0.2, 0.25) is 0 Å². The van der Waals surface area contributed by atoms with Crippen LogP contribution in [0.1, 0.15) is 25.0 Å². The molecule has 0 unspecified atom stereocenters. The van der Waals surface area contributed by atoms with Gasteiger partial charge in [-0.25, -0.2) is 0 Å². The molecular formula is C11H16BN. The van der Waals surface area contributed by atoms with E-state index in [4.69, 9.17) is 7.98 Å². The summed E-state index contributed by atoms with van der Waals surface area (Å²) in [6.07, 6.45) is 0. The Labute approximate surface area is 82.2 Å². The average molecular weight is 173 g/mol. The molecule has 0 spiro atoms. The van der Waals surface area contributed by atoms with Crippen LogP contribution in [0.5, 0.6) is 0 Å². The Morgan fingerprint density at radius 1 is 1.31 bits per heavy atom. The Kier molecular flexibility index (Phi) is 3.55. The van der Waals surface area contributed by atoms with Gasteiger partial charge in [0.1, 0.15) is 0 Å². The van der Waals surface area contributed by atoms with Gasteiger partial charge in [0.25, 0.3) is 0 Å². The van der Waals surface area contributed by atoms with Gasteiger partial charge < -0.3 is 4.81 Å². The first kappa shape index (κ1) is 10.3. The van der Waals surface area contributed by atoms with Crippen LogP contribution >= 0.6 is 0 Å². The zero-order valence-corrected chi connectivity index (χ0v) is 8.62. The monoisotopic (exact) mass is 173 g/mol. The van der Waals surface area contributed by atoms with Crippen LogP contribution < -0.4 is 0 Å². The third-order valence-corrected chi connectivity index (χ3v) is 2.28. The molecule has 0 bridgehead atoms. The number of nitrogens with zero attached hydrogens (tertiary/aromatic N) is 1. The van der Waals surface area contributed by atoms with Gasteiger partial charge in [-0.2, -0.15) is 0 Å². The summed E-state index contributed by atoms with van der Waals surface area (Å²) < 4.78 is 0. The van der Waals surface area contributed by atoms with Gasteiger partial charge in [-0.1, -0.05) is 38.1 Å². The summed E-state index contributed by atoms with van der Waals surface area (Å²) in [5.41, 5.74) is 2.61. The van der Waals surface area contributed by atoms with Crippen molar-refractivity contribution in [3.05, 3.63) is 35.4 Å². The highest BCUT2D eigenvalue weighted by molar-refractivity contribution is 6.04. The molecule has 1 rings (SSSR count). The lowest BCUT2D eigenvalue weighted by atomic mass is 10.1. The van der Waals surface area contributed by atoms with Crippen LogP contribution in [0.3, 0.4) is 0 Å². The van der Waals surface area contributed by atoms with Crippen molar-refractivity contribution in [1.82, 2.24) is 4.81 Å². The molecule has 2 radical (unpaired) electrons. The zero-order chi connectivity index (χ0) is 9.84. The van der Waals surface area contributed by atoms with Crippen molar-refractivity contribution in [3.63, 3.8) is 0 Å². The lowest BCUT2D eigenvalue weighted by molar-refractivity contribution is 0.373. The molecule has 0 amide bonds. The van der Waals surface area contributed by atoms with E-state index in [2.05, 4.69) is 45.0 Å². The second-order valence-electron chi connectivity index (χ2n) is 3.69. The number of aryl methyl sites for hydroxylation is 1. The van der Waals surface area contributed by atoms with Gasteiger partial charge in [-0.15, -0.1) is 0 Å².